The molecule has 118 valence electrons. The second-order valence-electron chi connectivity index (χ2n) is 5.90. The van der Waals surface area contributed by atoms with Gasteiger partial charge in [0.05, 0.1) is 0 Å². The number of benzene rings is 1. The maximum atomic E-state index is 11.8. The van der Waals surface area contributed by atoms with Gasteiger partial charge < -0.3 is 9.80 Å². The van der Waals surface area contributed by atoms with Gasteiger partial charge in [-0.05, 0) is 49.1 Å². The number of aromatic nitrogens is 1. The first kappa shape index (κ1) is 15.3. The first-order chi connectivity index (χ1) is 11.1. The molecule has 0 fully saturated rings. The summed E-state index contributed by atoms with van der Waals surface area (Å²) in [4.78, 5) is 20.3. The van der Waals surface area contributed by atoms with Gasteiger partial charge in [0.1, 0.15) is 5.82 Å². The Labute approximate surface area is 136 Å². The van der Waals surface area contributed by atoms with E-state index in [2.05, 4.69) is 29.5 Å². The maximum Gasteiger partial charge on any atom is 0.250 e. The SMILES string of the molecule is C=CC(=O)N(C)c1ccc2c(N3CCC=C(C)C3)nccc2c1. The molecule has 0 atom stereocenters. The number of hydrogen-bond acceptors (Lipinski definition) is 3. The molecule has 1 aromatic heterocycles. The van der Waals surface area contributed by atoms with Crippen molar-refractivity contribution in [2.24, 2.45) is 0 Å². The zero-order valence-electron chi connectivity index (χ0n) is 13.6. The van der Waals surface area contributed by atoms with Crippen molar-refractivity contribution in [3.05, 3.63) is 54.8 Å². The highest BCUT2D eigenvalue weighted by Gasteiger charge is 2.15. The number of rotatable bonds is 3. The predicted octanol–water partition coefficient (Wildman–Crippen LogP) is 3.54. The van der Waals surface area contributed by atoms with Crippen LogP contribution in [0.2, 0.25) is 0 Å². The van der Waals surface area contributed by atoms with Crippen LogP contribution in [0.25, 0.3) is 10.8 Å². The number of nitrogens with zero attached hydrogens (tertiary/aromatic N) is 3. The second-order valence-corrected chi connectivity index (χ2v) is 5.90. The van der Waals surface area contributed by atoms with E-state index < -0.39 is 0 Å². The molecule has 1 aliphatic rings. The lowest BCUT2D eigenvalue weighted by molar-refractivity contribution is -0.113. The van der Waals surface area contributed by atoms with Gasteiger partial charge in [0.25, 0.3) is 0 Å². The van der Waals surface area contributed by atoms with E-state index >= 15 is 0 Å². The number of amides is 1. The Morgan fingerprint density at radius 2 is 2.22 bits per heavy atom. The van der Waals surface area contributed by atoms with Gasteiger partial charge in [0, 0.05) is 37.4 Å². The van der Waals surface area contributed by atoms with Crippen LogP contribution in [0.15, 0.2) is 54.8 Å². The monoisotopic (exact) mass is 307 g/mol. The molecule has 23 heavy (non-hydrogen) atoms. The lowest BCUT2D eigenvalue weighted by atomic mass is 10.1. The Morgan fingerprint density at radius 1 is 1.39 bits per heavy atom. The average molecular weight is 307 g/mol. The molecular weight excluding hydrogens is 286 g/mol. The average Bonchev–Trinajstić information content (AvgIpc) is 2.59. The van der Waals surface area contributed by atoms with Crippen LogP contribution in [0, 0.1) is 0 Å². The van der Waals surface area contributed by atoms with Crippen molar-refractivity contribution in [2.75, 3.05) is 29.9 Å². The van der Waals surface area contributed by atoms with Crippen LogP contribution in [0.5, 0.6) is 0 Å². The van der Waals surface area contributed by atoms with Crippen molar-refractivity contribution in [3.63, 3.8) is 0 Å². The molecule has 1 amide bonds. The minimum atomic E-state index is -0.115. The van der Waals surface area contributed by atoms with E-state index in [1.54, 1.807) is 11.9 Å². The van der Waals surface area contributed by atoms with Crippen molar-refractivity contribution < 1.29 is 4.79 Å². The smallest absolute Gasteiger partial charge is 0.250 e. The van der Waals surface area contributed by atoms with Crippen molar-refractivity contribution in [3.8, 4) is 0 Å². The summed E-state index contributed by atoms with van der Waals surface area (Å²) in [6.45, 7) is 7.60. The molecule has 0 unspecified atom stereocenters. The lowest BCUT2D eigenvalue weighted by Gasteiger charge is -2.28. The summed E-state index contributed by atoms with van der Waals surface area (Å²) >= 11 is 0. The molecule has 0 saturated carbocycles. The number of fused-ring (bicyclic) bond motifs is 1. The molecule has 1 aromatic carbocycles. The fourth-order valence-corrected chi connectivity index (χ4v) is 2.97. The van der Waals surface area contributed by atoms with E-state index in [1.807, 2.05) is 30.5 Å². The highest BCUT2D eigenvalue weighted by molar-refractivity contribution is 6.03. The van der Waals surface area contributed by atoms with Crippen LogP contribution >= 0.6 is 0 Å². The molecule has 0 saturated heterocycles. The predicted molar refractivity (Wildman–Crippen MR) is 95.9 cm³/mol. The van der Waals surface area contributed by atoms with E-state index in [9.17, 15) is 4.79 Å². The highest BCUT2D eigenvalue weighted by Crippen LogP contribution is 2.29. The molecule has 0 N–H and O–H groups in total. The molecule has 4 nitrogen and oxygen atoms in total. The van der Waals surface area contributed by atoms with Gasteiger partial charge in [0.2, 0.25) is 5.91 Å². The maximum absolute atomic E-state index is 11.8. The zero-order valence-corrected chi connectivity index (χ0v) is 13.6. The molecular formula is C19H21N3O. The summed E-state index contributed by atoms with van der Waals surface area (Å²) in [5.41, 5.74) is 2.23. The third kappa shape index (κ3) is 2.97. The first-order valence-electron chi connectivity index (χ1n) is 7.79. The summed E-state index contributed by atoms with van der Waals surface area (Å²) in [7, 11) is 1.76. The van der Waals surface area contributed by atoms with E-state index in [4.69, 9.17) is 0 Å². The quantitative estimate of drug-likeness (QED) is 0.643. The third-order valence-electron chi connectivity index (χ3n) is 4.25. The Morgan fingerprint density at radius 3 is 2.96 bits per heavy atom. The Kier molecular flexibility index (Phi) is 4.15. The Hall–Kier alpha value is -2.62. The highest BCUT2D eigenvalue weighted by atomic mass is 16.2. The minimum absolute atomic E-state index is 0.115. The first-order valence-corrected chi connectivity index (χ1v) is 7.79. The van der Waals surface area contributed by atoms with Crippen LogP contribution < -0.4 is 9.80 Å². The van der Waals surface area contributed by atoms with Gasteiger partial charge >= 0.3 is 0 Å². The molecule has 1 aliphatic heterocycles. The molecule has 0 bridgehead atoms. The van der Waals surface area contributed by atoms with Crippen LogP contribution in [-0.2, 0) is 4.79 Å². The molecule has 3 rings (SSSR count). The number of hydrogen-bond donors (Lipinski definition) is 0. The van der Waals surface area contributed by atoms with Gasteiger partial charge in [-0.25, -0.2) is 4.98 Å². The fourth-order valence-electron chi connectivity index (χ4n) is 2.97. The second kappa shape index (κ2) is 6.24. The Bertz CT molecular complexity index is 794. The summed E-state index contributed by atoms with van der Waals surface area (Å²) in [5.74, 6) is 0.898. The molecule has 2 aromatic rings. The number of pyridine rings is 1. The van der Waals surface area contributed by atoms with Gasteiger partial charge in [-0.2, -0.15) is 0 Å². The minimum Gasteiger partial charge on any atom is -0.352 e. The third-order valence-corrected chi connectivity index (χ3v) is 4.25. The van der Waals surface area contributed by atoms with Crippen molar-refractivity contribution in [1.82, 2.24) is 4.98 Å². The molecule has 4 heteroatoms. The van der Waals surface area contributed by atoms with Gasteiger partial charge in [-0.15, -0.1) is 0 Å². The van der Waals surface area contributed by atoms with Crippen LogP contribution in [0.4, 0.5) is 11.5 Å². The largest absolute Gasteiger partial charge is 0.352 e. The lowest BCUT2D eigenvalue weighted by Crippen LogP contribution is -2.30. The van der Waals surface area contributed by atoms with E-state index in [-0.39, 0.29) is 5.91 Å². The van der Waals surface area contributed by atoms with Gasteiger partial charge in [-0.1, -0.05) is 18.2 Å². The van der Waals surface area contributed by atoms with Crippen LogP contribution in [0.3, 0.4) is 0 Å². The van der Waals surface area contributed by atoms with Crippen LogP contribution in [-0.4, -0.2) is 31.0 Å². The topological polar surface area (TPSA) is 36.4 Å². The standard InChI is InChI=1S/C19H21N3O/c1-4-18(23)21(3)16-7-8-17-15(12-16)9-10-20-19(17)22-11-5-6-14(2)13-22/h4,6-10,12H,1,5,11,13H2,2-3H3. The molecule has 2 heterocycles. The Balaban J connectivity index is 2.01. The van der Waals surface area contributed by atoms with Gasteiger partial charge in [0.15, 0.2) is 0 Å². The zero-order chi connectivity index (χ0) is 16.4. The summed E-state index contributed by atoms with van der Waals surface area (Å²) in [5, 5.41) is 2.20. The molecule has 0 aliphatic carbocycles. The van der Waals surface area contributed by atoms with Crippen molar-refractivity contribution >= 4 is 28.2 Å². The van der Waals surface area contributed by atoms with E-state index in [0.29, 0.717) is 0 Å². The van der Waals surface area contributed by atoms with Crippen molar-refractivity contribution in [2.45, 2.75) is 13.3 Å². The summed E-state index contributed by atoms with van der Waals surface area (Å²) in [6.07, 6.45) is 6.50. The molecule has 0 spiro atoms. The van der Waals surface area contributed by atoms with E-state index in [1.165, 1.54) is 11.6 Å². The summed E-state index contributed by atoms with van der Waals surface area (Å²) < 4.78 is 0. The van der Waals surface area contributed by atoms with Crippen molar-refractivity contribution in [1.29, 1.82) is 0 Å². The number of likely N-dealkylation sites (N-methyl/N-ethyl adjacent to an activating group) is 1. The summed E-state index contributed by atoms with van der Waals surface area (Å²) in [6, 6.07) is 8.02. The normalized spacial score (nSPS) is 14.5. The number of anilines is 2. The van der Waals surface area contributed by atoms with Gasteiger partial charge in [-0.3, -0.25) is 4.79 Å². The fraction of sp³-hybridized carbons (Fsp3) is 0.263. The number of carbonyl (C=O) groups is 1. The van der Waals surface area contributed by atoms with Crippen LogP contribution in [0.1, 0.15) is 13.3 Å². The molecule has 0 radical (unpaired) electrons. The number of carbonyl (C=O) groups excluding carboxylic acids is 1. The van der Waals surface area contributed by atoms with E-state index in [0.717, 1.165) is 41.8 Å².